The minimum atomic E-state index is -4.44. The zero-order valence-corrected chi connectivity index (χ0v) is 8.33. The van der Waals surface area contributed by atoms with Crippen LogP contribution in [-0.4, -0.2) is 9.79 Å². The molecule has 6 heteroatoms. The summed E-state index contributed by atoms with van der Waals surface area (Å²) >= 11 is 3.08. The fourth-order valence-corrected chi connectivity index (χ4v) is 1.55. The molecule has 4 nitrogen and oxygen atoms in total. The van der Waals surface area contributed by atoms with Gasteiger partial charge in [0.1, 0.15) is 5.75 Å². The van der Waals surface area contributed by atoms with Crippen molar-refractivity contribution in [3.63, 3.8) is 0 Å². The van der Waals surface area contributed by atoms with E-state index in [1.165, 1.54) is 6.07 Å². The van der Waals surface area contributed by atoms with E-state index in [-0.39, 0.29) is 5.75 Å². The van der Waals surface area contributed by atoms with Gasteiger partial charge in [-0.15, -0.1) is 0 Å². The van der Waals surface area contributed by atoms with Crippen LogP contribution in [0.25, 0.3) is 0 Å². The molecule has 1 rings (SSSR count). The van der Waals surface area contributed by atoms with E-state index in [2.05, 4.69) is 20.5 Å². The molecule has 0 spiro atoms. The summed E-state index contributed by atoms with van der Waals surface area (Å²) < 4.78 is 15.3. The molecule has 1 aromatic carbocycles. The third-order valence-corrected chi connectivity index (χ3v) is 2.14. The quantitative estimate of drug-likeness (QED) is 0.790. The molecule has 0 amide bonds. The average Bonchev–Trinajstić information content (AvgIpc) is 1.91. The van der Waals surface area contributed by atoms with Crippen LogP contribution < -0.4 is 4.52 Å². The second kappa shape index (κ2) is 3.58. The van der Waals surface area contributed by atoms with Crippen LogP contribution in [0, 0.1) is 0 Å². The van der Waals surface area contributed by atoms with Crippen LogP contribution in [0.5, 0.6) is 5.75 Å². The van der Waals surface area contributed by atoms with Crippen molar-refractivity contribution in [3.8, 4) is 5.75 Å². The Morgan fingerprint density at radius 2 is 1.92 bits per heavy atom. The van der Waals surface area contributed by atoms with Gasteiger partial charge in [0.15, 0.2) is 0 Å². The van der Waals surface area contributed by atoms with Crippen molar-refractivity contribution >= 4 is 23.8 Å². The van der Waals surface area contributed by atoms with Crippen LogP contribution in [0.3, 0.4) is 0 Å². The molecule has 1 aromatic rings. The first-order chi connectivity index (χ1) is 5.49. The van der Waals surface area contributed by atoms with Gasteiger partial charge < -0.3 is 4.52 Å². The zero-order valence-electron chi connectivity index (χ0n) is 5.85. The topological polar surface area (TPSA) is 66.8 Å². The van der Waals surface area contributed by atoms with E-state index in [1.807, 2.05) is 0 Å². The molecule has 0 saturated heterocycles. The van der Waals surface area contributed by atoms with Gasteiger partial charge in [0.2, 0.25) is 0 Å². The lowest BCUT2D eigenvalue weighted by Gasteiger charge is -2.07. The summed E-state index contributed by atoms with van der Waals surface area (Å²) in [7, 11) is -4.44. The van der Waals surface area contributed by atoms with Crippen molar-refractivity contribution in [3.05, 3.63) is 28.7 Å². The van der Waals surface area contributed by atoms with Gasteiger partial charge in [0.25, 0.3) is 0 Å². The maximum atomic E-state index is 10.4. The largest absolute Gasteiger partial charge is 0.524 e. The minimum absolute atomic E-state index is 0.130. The number of hydrogen-bond donors (Lipinski definition) is 2. The first kappa shape index (κ1) is 9.74. The van der Waals surface area contributed by atoms with E-state index in [9.17, 15) is 4.57 Å². The summed E-state index contributed by atoms with van der Waals surface area (Å²) in [6, 6.07) is 6.43. The lowest BCUT2D eigenvalue weighted by molar-refractivity contribution is 0.282. The highest BCUT2D eigenvalue weighted by atomic mass is 79.9. The average molecular weight is 253 g/mol. The van der Waals surface area contributed by atoms with Crippen LogP contribution in [0.15, 0.2) is 28.7 Å². The fraction of sp³-hybridized carbons (Fsp3) is 0. The number of para-hydroxylation sites is 1. The van der Waals surface area contributed by atoms with E-state index < -0.39 is 7.82 Å². The van der Waals surface area contributed by atoms with E-state index in [1.54, 1.807) is 18.2 Å². The lowest BCUT2D eigenvalue weighted by Crippen LogP contribution is -1.90. The van der Waals surface area contributed by atoms with Gasteiger partial charge in [-0.05, 0) is 28.1 Å². The maximum absolute atomic E-state index is 10.4. The Bertz CT molecular complexity index is 321. The van der Waals surface area contributed by atoms with Crippen LogP contribution in [0.4, 0.5) is 0 Å². The normalized spacial score (nSPS) is 11.2. The summed E-state index contributed by atoms with van der Waals surface area (Å²) in [6.45, 7) is 0. The van der Waals surface area contributed by atoms with Gasteiger partial charge >= 0.3 is 7.82 Å². The lowest BCUT2D eigenvalue weighted by atomic mass is 10.3. The molecule has 0 aliphatic heterocycles. The number of benzene rings is 1. The molecule has 0 saturated carbocycles. The predicted octanol–water partition coefficient (Wildman–Crippen LogP) is 1.92. The highest BCUT2D eigenvalue weighted by Crippen LogP contribution is 2.40. The summed E-state index contributed by atoms with van der Waals surface area (Å²) in [5.41, 5.74) is 0. The molecule has 0 atom stereocenters. The molecule has 0 bridgehead atoms. The monoisotopic (exact) mass is 252 g/mol. The highest BCUT2D eigenvalue weighted by Gasteiger charge is 2.16. The summed E-state index contributed by atoms with van der Waals surface area (Å²) in [6.07, 6.45) is 0. The molecular formula is C6H6BrO4P. The van der Waals surface area contributed by atoms with Gasteiger partial charge in [-0.1, -0.05) is 12.1 Å². The van der Waals surface area contributed by atoms with Gasteiger partial charge in [-0.2, -0.15) is 0 Å². The first-order valence-corrected chi connectivity index (χ1v) is 5.31. The second-order valence-corrected chi connectivity index (χ2v) is 4.03. The van der Waals surface area contributed by atoms with Crippen molar-refractivity contribution in [1.82, 2.24) is 0 Å². The van der Waals surface area contributed by atoms with E-state index in [0.717, 1.165) is 0 Å². The molecule has 0 aromatic heterocycles. The van der Waals surface area contributed by atoms with Crippen LogP contribution in [0.1, 0.15) is 0 Å². The van der Waals surface area contributed by atoms with Crippen molar-refractivity contribution in [2.45, 2.75) is 0 Å². The smallest absolute Gasteiger partial charge is 0.403 e. The van der Waals surface area contributed by atoms with E-state index in [0.29, 0.717) is 4.47 Å². The molecule has 0 radical (unpaired) electrons. The number of halogens is 1. The molecule has 2 N–H and O–H groups in total. The molecule has 0 aliphatic carbocycles. The van der Waals surface area contributed by atoms with Gasteiger partial charge in [0.05, 0.1) is 4.47 Å². The van der Waals surface area contributed by atoms with Gasteiger partial charge in [0, 0.05) is 0 Å². The van der Waals surface area contributed by atoms with Crippen molar-refractivity contribution in [1.29, 1.82) is 0 Å². The van der Waals surface area contributed by atoms with E-state index >= 15 is 0 Å². The molecule has 0 unspecified atom stereocenters. The Labute approximate surface area is 77.6 Å². The number of phosphoric acid groups is 1. The molecule has 66 valence electrons. The van der Waals surface area contributed by atoms with Gasteiger partial charge in [-0.25, -0.2) is 4.57 Å². The Balaban J connectivity index is 2.90. The molecule has 0 heterocycles. The highest BCUT2D eigenvalue weighted by molar-refractivity contribution is 9.10. The zero-order chi connectivity index (χ0) is 9.19. The molecule has 12 heavy (non-hydrogen) atoms. The van der Waals surface area contributed by atoms with Crippen LogP contribution in [0.2, 0.25) is 0 Å². The Hall–Kier alpha value is -0.350. The summed E-state index contributed by atoms with van der Waals surface area (Å²) in [5, 5.41) is 0. The van der Waals surface area contributed by atoms with Crippen LogP contribution in [-0.2, 0) is 4.57 Å². The molecule has 0 aliphatic rings. The predicted molar refractivity (Wildman–Crippen MR) is 46.8 cm³/mol. The number of rotatable bonds is 2. The third kappa shape index (κ3) is 2.95. The molecule has 0 fully saturated rings. The second-order valence-electron chi connectivity index (χ2n) is 2.01. The number of phosphoric ester groups is 1. The van der Waals surface area contributed by atoms with Gasteiger partial charge in [-0.3, -0.25) is 9.79 Å². The Morgan fingerprint density at radius 3 is 2.42 bits per heavy atom. The Morgan fingerprint density at radius 1 is 1.33 bits per heavy atom. The van der Waals surface area contributed by atoms with Crippen molar-refractivity contribution in [2.24, 2.45) is 0 Å². The standard InChI is InChI=1S/C6H6BrO4P/c7-5-3-1-2-4-6(5)11-12(8,9)10/h1-4H,(H2,8,9,10). The Kier molecular flexibility index (Phi) is 2.90. The van der Waals surface area contributed by atoms with Crippen molar-refractivity contribution < 1.29 is 18.9 Å². The van der Waals surface area contributed by atoms with Crippen LogP contribution >= 0.6 is 23.8 Å². The third-order valence-electron chi connectivity index (χ3n) is 1.05. The van der Waals surface area contributed by atoms with E-state index in [4.69, 9.17) is 9.79 Å². The number of hydrogen-bond acceptors (Lipinski definition) is 2. The summed E-state index contributed by atoms with van der Waals surface area (Å²) in [5.74, 6) is 0.130. The van der Waals surface area contributed by atoms with Crippen molar-refractivity contribution in [2.75, 3.05) is 0 Å². The maximum Gasteiger partial charge on any atom is 0.524 e. The molecular weight excluding hydrogens is 247 g/mol. The fourth-order valence-electron chi connectivity index (χ4n) is 0.647. The first-order valence-electron chi connectivity index (χ1n) is 2.99. The SMILES string of the molecule is O=P(O)(O)Oc1ccccc1Br. The minimum Gasteiger partial charge on any atom is -0.403 e. The summed E-state index contributed by atoms with van der Waals surface area (Å²) in [4.78, 5) is 16.9.